The van der Waals surface area contributed by atoms with E-state index < -0.39 is 5.91 Å². The molecule has 2 aromatic carbocycles. The van der Waals surface area contributed by atoms with Gasteiger partial charge in [-0.15, -0.1) is 0 Å². The number of hydrogen-bond donors (Lipinski definition) is 1. The summed E-state index contributed by atoms with van der Waals surface area (Å²) < 4.78 is 11.8. The van der Waals surface area contributed by atoms with Gasteiger partial charge in [-0.2, -0.15) is 0 Å². The van der Waals surface area contributed by atoms with Crippen molar-refractivity contribution in [3.63, 3.8) is 0 Å². The van der Waals surface area contributed by atoms with E-state index in [-0.39, 0.29) is 35.0 Å². The summed E-state index contributed by atoms with van der Waals surface area (Å²) in [7, 11) is 3.41. The average molecular weight is 624 g/mol. The third-order valence-electron chi connectivity index (χ3n) is 7.16. The first-order chi connectivity index (χ1) is 22.0. The minimum absolute atomic E-state index is 0.0350. The Balaban J connectivity index is 1.23. The fraction of sp³-hybridized carbons (Fsp3) is 0.257. The molecule has 3 amide bonds. The molecule has 1 fully saturated rings. The van der Waals surface area contributed by atoms with Gasteiger partial charge in [0.05, 0.1) is 17.5 Å². The maximum atomic E-state index is 13.1. The molecule has 3 aromatic rings. The van der Waals surface area contributed by atoms with Gasteiger partial charge in [0.1, 0.15) is 23.3 Å². The van der Waals surface area contributed by atoms with Crippen molar-refractivity contribution in [3.05, 3.63) is 102 Å². The maximum absolute atomic E-state index is 13.1. The second-order valence-corrected chi connectivity index (χ2v) is 10.8. The van der Waals surface area contributed by atoms with Crippen LogP contribution in [0, 0.1) is 0 Å². The highest BCUT2D eigenvalue weighted by molar-refractivity contribution is 6.17. The third-order valence-corrected chi connectivity index (χ3v) is 7.16. The van der Waals surface area contributed by atoms with E-state index in [1.54, 1.807) is 92.7 Å². The third kappa shape index (κ3) is 8.98. The molecular weight excluding hydrogens is 586 g/mol. The average Bonchev–Trinajstić information content (AvgIpc) is 3.06. The summed E-state index contributed by atoms with van der Waals surface area (Å²) >= 11 is 0. The SMILES string of the molecule is C=C(C=N/C(=C\C)C(=O)N1CCC(Oc2ccc(C(=O)N(C)C)cc2)CC1)C(=O)Nc1ccc(Oc2ccc(C(C)=O)cc2)nc1. The number of Topliss-reactive ketones (excluding diaryl/α,β-unsaturated/α-hetero) is 1. The zero-order chi connectivity index (χ0) is 33.2. The van der Waals surface area contributed by atoms with E-state index in [0.717, 1.165) is 0 Å². The summed E-state index contributed by atoms with van der Waals surface area (Å²) in [6.07, 6.45) is 5.53. The molecule has 0 spiro atoms. The molecule has 1 saturated heterocycles. The number of rotatable bonds is 11. The number of piperidine rings is 1. The van der Waals surface area contributed by atoms with Crippen LogP contribution in [-0.2, 0) is 9.59 Å². The Morgan fingerprint density at radius 2 is 1.59 bits per heavy atom. The standard InChI is InChI=1S/C35H37N5O6/c1-6-31(35(44)40-19-17-30(18-20-40)45-28-14-9-26(10-15-28)34(43)39(4)5)36-21-23(2)33(42)38-27-11-16-32(37-22-27)46-29-12-7-25(8-13-29)24(3)41/h6-16,21-22,30H,2,17-20H2,1,3-5H3,(H,38,42)/b31-6-,36-21?. The van der Waals surface area contributed by atoms with Crippen LogP contribution in [0.3, 0.4) is 0 Å². The molecule has 4 rings (SSSR count). The molecule has 1 N–H and O–H groups in total. The van der Waals surface area contributed by atoms with Gasteiger partial charge in [0, 0.05) is 63.4 Å². The van der Waals surface area contributed by atoms with Gasteiger partial charge in [0.25, 0.3) is 17.7 Å². The van der Waals surface area contributed by atoms with Crippen molar-refractivity contribution in [2.75, 3.05) is 32.5 Å². The summed E-state index contributed by atoms with van der Waals surface area (Å²) in [5.41, 5.74) is 1.85. The molecular formula is C35H37N5O6. The molecule has 1 aliphatic rings. The Hall–Kier alpha value is -5.58. The Morgan fingerprint density at radius 3 is 2.15 bits per heavy atom. The number of ketones is 1. The minimum Gasteiger partial charge on any atom is -0.490 e. The molecule has 238 valence electrons. The molecule has 11 heteroatoms. The molecule has 0 saturated carbocycles. The summed E-state index contributed by atoms with van der Waals surface area (Å²) in [6, 6.07) is 17.0. The van der Waals surface area contributed by atoms with E-state index in [0.29, 0.717) is 60.1 Å². The number of aromatic nitrogens is 1. The molecule has 0 unspecified atom stereocenters. The van der Waals surface area contributed by atoms with E-state index in [4.69, 9.17) is 9.47 Å². The van der Waals surface area contributed by atoms with Crippen LogP contribution < -0.4 is 14.8 Å². The Morgan fingerprint density at radius 1 is 0.957 bits per heavy atom. The zero-order valence-corrected chi connectivity index (χ0v) is 26.4. The van der Waals surface area contributed by atoms with Crippen LogP contribution in [0.2, 0.25) is 0 Å². The van der Waals surface area contributed by atoms with Gasteiger partial charge >= 0.3 is 0 Å². The first kappa shape index (κ1) is 33.3. The molecule has 2 heterocycles. The summed E-state index contributed by atoms with van der Waals surface area (Å²) in [5.74, 6) is 0.654. The van der Waals surface area contributed by atoms with Gasteiger partial charge in [-0.05, 0) is 68.4 Å². The fourth-order valence-corrected chi connectivity index (χ4v) is 4.53. The highest BCUT2D eigenvalue weighted by Gasteiger charge is 2.26. The monoisotopic (exact) mass is 623 g/mol. The molecule has 0 atom stereocenters. The fourth-order valence-electron chi connectivity index (χ4n) is 4.53. The van der Waals surface area contributed by atoms with Crippen LogP contribution >= 0.6 is 0 Å². The molecule has 11 nitrogen and oxygen atoms in total. The van der Waals surface area contributed by atoms with E-state index in [1.807, 2.05) is 0 Å². The molecule has 1 aromatic heterocycles. The first-order valence-electron chi connectivity index (χ1n) is 14.8. The molecule has 0 bridgehead atoms. The lowest BCUT2D eigenvalue weighted by molar-refractivity contribution is -0.129. The number of amides is 3. The van der Waals surface area contributed by atoms with Gasteiger partial charge in [-0.25, -0.2) is 4.98 Å². The summed E-state index contributed by atoms with van der Waals surface area (Å²) in [5, 5.41) is 2.69. The van der Waals surface area contributed by atoms with E-state index >= 15 is 0 Å². The number of nitrogens with one attached hydrogen (secondary N) is 1. The zero-order valence-electron chi connectivity index (χ0n) is 26.4. The number of anilines is 1. The van der Waals surface area contributed by atoms with Crippen LogP contribution in [0.4, 0.5) is 5.69 Å². The van der Waals surface area contributed by atoms with Crippen LogP contribution in [0.5, 0.6) is 17.4 Å². The van der Waals surface area contributed by atoms with E-state index in [9.17, 15) is 19.2 Å². The number of aliphatic imine (C=N–C) groups is 1. The van der Waals surface area contributed by atoms with Crippen molar-refractivity contribution < 1.29 is 28.7 Å². The predicted molar refractivity (Wildman–Crippen MR) is 175 cm³/mol. The van der Waals surface area contributed by atoms with Gasteiger partial charge < -0.3 is 24.6 Å². The van der Waals surface area contributed by atoms with E-state index in [2.05, 4.69) is 21.9 Å². The van der Waals surface area contributed by atoms with Gasteiger partial charge in [0.2, 0.25) is 5.88 Å². The highest BCUT2D eigenvalue weighted by Crippen LogP contribution is 2.23. The van der Waals surface area contributed by atoms with Crippen molar-refractivity contribution in [3.8, 4) is 17.4 Å². The number of hydrogen-bond acceptors (Lipinski definition) is 8. The number of nitrogens with zero attached hydrogens (tertiary/aromatic N) is 4. The Bertz CT molecular complexity index is 1640. The number of pyridine rings is 1. The highest BCUT2D eigenvalue weighted by atomic mass is 16.5. The van der Waals surface area contributed by atoms with Crippen molar-refractivity contribution in [1.82, 2.24) is 14.8 Å². The molecule has 0 radical (unpaired) electrons. The quantitative estimate of drug-likeness (QED) is 0.174. The van der Waals surface area contributed by atoms with Crippen molar-refractivity contribution in [1.29, 1.82) is 0 Å². The number of likely N-dealkylation sites (tertiary alicyclic amines) is 1. The van der Waals surface area contributed by atoms with Crippen molar-refractivity contribution in [2.45, 2.75) is 32.8 Å². The molecule has 1 aliphatic heterocycles. The Labute approximate surface area is 268 Å². The van der Waals surface area contributed by atoms with Gasteiger partial charge in [0.15, 0.2) is 5.78 Å². The lowest BCUT2D eigenvalue weighted by Gasteiger charge is -2.32. The van der Waals surface area contributed by atoms with Crippen molar-refractivity contribution >= 4 is 35.4 Å². The second kappa shape index (κ2) is 15.4. The summed E-state index contributed by atoms with van der Waals surface area (Å²) in [4.78, 5) is 61.0. The first-order valence-corrected chi connectivity index (χ1v) is 14.8. The minimum atomic E-state index is -0.501. The van der Waals surface area contributed by atoms with Crippen LogP contribution in [0.25, 0.3) is 0 Å². The van der Waals surface area contributed by atoms with Gasteiger partial charge in [-0.3, -0.25) is 24.2 Å². The number of benzene rings is 2. The van der Waals surface area contributed by atoms with Crippen LogP contribution in [-0.4, -0.2) is 77.8 Å². The predicted octanol–water partition coefficient (Wildman–Crippen LogP) is 5.32. The number of ether oxygens (including phenoxy) is 2. The largest absolute Gasteiger partial charge is 0.490 e. The van der Waals surface area contributed by atoms with Gasteiger partial charge in [-0.1, -0.05) is 12.7 Å². The lowest BCUT2D eigenvalue weighted by atomic mass is 10.1. The van der Waals surface area contributed by atoms with E-state index in [1.165, 1.54) is 24.2 Å². The smallest absolute Gasteiger partial charge is 0.272 e. The second-order valence-electron chi connectivity index (χ2n) is 10.8. The Kier molecular flexibility index (Phi) is 11.2. The number of carbonyl (C=O) groups excluding carboxylic acids is 4. The number of carbonyl (C=O) groups is 4. The van der Waals surface area contributed by atoms with Crippen molar-refractivity contribution in [2.24, 2.45) is 4.99 Å². The summed E-state index contributed by atoms with van der Waals surface area (Å²) in [6.45, 7) is 7.96. The normalized spacial score (nSPS) is 13.7. The number of allylic oxidation sites excluding steroid dienone is 1. The van der Waals surface area contributed by atoms with Crippen LogP contribution in [0.1, 0.15) is 47.4 Å². The van der Waals surface area contributed by atoms with Crippen LogP contribution in [0.15, 0.2) is 95.8 Å². The maximum Gasteiger partial charge on any atom is 0.272 e. The lowest BCUT2D eigenvalue weighted by Crippen LogP contribution is -2.42. The molecule has 0 aliphatic carbocycles. The topological polar surface area (TPSA) is 130 Å². The molecule has 46 heavy (non-hydrogen) atoms.